The molecule has 4 amide bonds. The Labute approximate surface area is 386 Å². The highest BCUT2D eigenvalue weighted by atomic mass is 32.2. The van der Waals surface area contributed by atoms with E-state index in [-0.39, 0.29) is 49.3 Å². The monoisotopic (exact) mass is 926 g/mol. The lowest BCUT2D eigenvalue weighted by Crippen LogP contribution is -2.59. The third kappa shape index (κ3) is 9.41. The van der Waals surface area contributed by atoms with E-state index in [9.17, 15) is 22.8 Å². The second-order valence-corrected chi connectivity index (χ2v) is 22.5. The summed E-state index contributed by atoms with van der Waals surface area (Å²) in [7, 11) is -2.45. The minimum atomic E-state index is -4.03. The molecular weight excluding hydrogens is 865 g/mol. The van der Waals surface area contributed by atoms with Crippen molar-refractivity contribution in [3.05, 3.63) is 54.7 Å². The number of carbonyl (C=O) groups excluding carboxylic acids is 4. The highest BCUT2D eigenvalue weighted by molar-refractivity contribution is 7.91. The van der Waals surface area contributed by atoms with Gasteiger partial charge in [-0.15, -0.1) is 0 Å². The third-order valence-electron chi connectivity index (χ3n) is 14.7. The molecule has 9 atom stereocenters. The van der Waals surface area contributed by atoms with Gasteiger partial charge in [0.1, 0.15) is 35.6 Å². The van der Waals surface area contributed by atoms with Crippen molar-refractivity contribution in [1.29, 1.82) is 0 Å². The van der Waals surface area contributed by atoms with Crippen LogP contribution in [0.1, 0.15) is 98.8 Å². The van der Waals surface area contributed by atoms with Crippen LogP contribution in [0.15, 0.2) is 54.7 Å². The van der Waals surface area contributed by atoms with Gasteiger partial charge in [0.25, 0.3) is 5.91 Å². The second kappa shape index (κ2) is 17.6. The molecule has 4 aliphatic carbocycles. The molecule has 4 heterocycles. The molecule has 2 unspecified atom stereocenters. The number of allylic oxidation sites excluding steroid dienone is 1. The predicted molar refractivity (Wildman–Crippen MR) is 245 cm³/mol. The molecule has 1 aromatic carbocycles. The number of benzene rings is 1. The van der Waals surface area contributed by atoms with Crippen molar-refractivity contribution in [3.63, 3.8) is 0 Å². The molecule has 354 valence electrons. The molecule has 9 rings (SSSR count). The fraction of sp³-hybridized carbons (Fsp3) is 0.592. The highest BCUT2D eigenvalue weighted by Gasteiger charge is 2.63. The Morgan fingerprint density at radius 3 is 2.45 bits per heavy atom. The summed E-state index contributed by atoms with van der Waals surface area (Å²) in [6.07, 6.45) is 9.68. The number of aromatic nitrogens is 2. The van der Waals surface area contributed by atoms with Crippen molar-refractivity contribution in [1.82, 2.24) is 30.2 Å². The van der Waals surface area contributed by atoms with Gasteiger partial charge in [-0.25, -0.2) is 23.2 Å². The fourth-order valence-corrected chi connectivity index (χ4v) is 11.5. The first kappa shape index (κ1) is 45.7. The van der Waals surface area contributed by atoms with Gasteiger partial charge in [-0.3, -0.25) is 19.1 Å². The number of pyridine rings is 2. The normalized spacial score (nSPS) is 31.8. The standard InChI is InChI=1S/C49H62N6O10S/c1-27(2)63-41-14-11-30(25-50-41)39-22-33-21-35(62-6)12-13-38(33)44(51-39)64-37-23-40-43(56)53-49(46(58)54-66(60,61)48(5)15-16-48)24-34(49)10-8-7-9-28(3)17-29(4)42(45(57)55(40)26-37)52-47(59)65-36-19-31-18-32(31)20-36/h8,10-14,21-22,25,27-29,31-32,34,36-37,40,42H,7,9,15-20,23-24,26H2,1-6H3,(H,52,59)(H,53,56)(H,54,58)/b10-8-/t28-,29+,31?,32?,34+,36?,37+,40-,42-,49+/m0/s1. The number of hydrogen-bond donors (Lipinski definition) is 3. The molecule has 66 heavy (non-hydrogen) atoms. The van der Waals surface area contributed by atoms with E-state index in [0.717, 1.165) is 31.1 Å². The van der Waals surface area contributed by atoms with E-state index in [2.05, 4.69) is 27.3 Å². The maximum atomic E-state index is 15.2. The summed E-state index contributed by atoms with van der Waals surface area (Å²) in [5.41, 5.74) is -0.309. The van der Waals surface area contributed by atoms with Crippen LogP contribution in [0.4, 0.5) is 4.79 Å². The molecule has 5 fully saturated rings. The minimum Gasteiger partial charge on any atom is -0.497 e. The van der Waals surface area contributed by atoms with Crippen LogP contribution in [0.2, 0.25) is 0 Å². The quantitative estimate of drug-likeness (QED) is 0.184. The summed E-state index contributed by atoms with van der Waals surface area (Å²) in [6, 6.07) is 8.82. The molecule has 0 radical (unpaired) electrons. The Kier molecular flexibility index (Phi) is 12.2. The van der Waals surface area contributed by atoms with Crippen LogP contribution in [-0.4, -0.2) is 101 Å². The first-order valence-electron chi connectivity index (χ1n) is 23.6. The van der Waals surface area contributed by atoms with Crippen LogP contribution in [0.5, 0.6) is 17.5 Å². The number of sulfonamides is 1. The van der Waals surface area contributed by atoms with E-state index in [4.69, 9.17) is 23.9 Å². The maximum absolute atomic E-state index is 15.2. The molecule has 6 aliphatic rings. The van der Waals surface area contributed by atoms with Gasteiger partial charge in [0, 0.05) is 35.6 Å². The summed E-state index contributed by atoms with van der Waals surface area (Å²) in [6.45, 7) is 9.42. The number of fused-ring (bicyclic) bond motifs is 4. The summed E-state index contributed by atoms with van der Waals surface area (Å²) < 4.78 is 52.0. The van der Waals surface area contributed by atoms with Crippen LogP contribution >= 0.6 is 0 Å². The summed E-state index contributed by atoms with van der Waals surface area (Å²) in [5.74, 6) is -0.0862. The van der Waals surface area contributed by atoms with Gasteiger partial charge >= 0.3 is 6.09 Å². The van der Waals surface area contributed by atoms with Crippen LogP contribution < -0.4 is 29.6 Å². The van der Waals surface area contributed by atoms with Crippen molar-refractivity contribution in [2.24, 2.45) is 29.6 Å². The third-order valence-corrected chi connectivity index (χ3v) is 16.8. The molecule has 4 saturated carbocycles. The van der Waals surface area contributed by atoms with E-state index in [1.54, 1.807) is 32.4 Å². The Balaban J connectivity index is 1.05. The summed E-state index contributed by atoms with van der Waals surface area (Å²) in [5, 5.41) is 7.31. The Morgan fingerprint density at radius 2 is 1.76 bits per heavy atom. The van der Waals surface area contributed by atoms with E-state index in [1.807, 2.05) is 57.2 Å². The van der Waals surface area contributed by atoms with Crippen LogP contribution in [0.3, 0.4) is 0 Å². The van der Waals surface area contributed by atoms with Crippen LogP contribution in [-0.2, 0) is 29.1 Å². The number of hydrogen-bond acceptors (Lipinski definition) is 12. The number of ether oxygens (including phenoxy) is 4. The zero-order valence-corrected chi connectivity index (χ0v) is 39.4. The second-order valence-electron chi connectivity index (χ2n) is 20.3. The van der Waals surface area contributed by atoms with Crippen molar-refractivity contribution in [2.45, 2.75) is 140 Å². The molecule has 0 bridgehead atoms. The largest absolute Gasteiger partial charge is 0.497 e. The van der Waals surface area contributed by atoms with Crippen molar-refractivity contribution in [2.75, 3.05) is 13.7 Å². The lowest BCUT2D eigenvalue weighted by atomic mass is 9.88. The van der Waals surface area contributed by atoms with Gasteiger partial charge in [0.2, 0.25) is 33.6 Å². The highest BCUT2D eigenvalue weighted by Crippen LogP contribution is 2.53. The number of carbonyl (C=O) groups is 4. The number of alkyl carbamates (subject to hydrolysis) is 1. The lowest BCUT2D eigenvalue weighted by Gasteiger charge is -2.33. The average molecular weight is 927 g/mol. The zero-order chi connectivity index (χ0) is 46.7. The van der Waals surface area contributed by atoms with E-state index in [1.165, 1.54) is 4.90 Å². The molecule has 1 saturated heterocycles. The smallest absolute Gasteiger partial charge is 0.408 e. The number of amides is 4. The molecule has 2 aliphatic heterocycles. The molecular formula is C49H62N6O10S. The maximum Gasteiger partial charge on any atom is 0.408 e. The molecule has 17 heteroatoms. The minimum absolute atomic E-state index is 0.00526. The van der Waals surface area contributed by atoms with Gasteiger partial charge in [-0.1, -0.05) is 26.0 Å². The topological polar surface area (TPSA) is 204 Å². The average Bonchev–Trinajstić information content (AvgIpc) is 4.23. The van der Waals surface area contributed by atoms with Gasteiger partial charge in [0.15, 0.2) is 0 Å². The first-order valence-corrected chi connectivity index (χ1v) is 25.0. The van der Waals surface area contributed by atoms with Crippen molar-refractivity contribution >= 4 is 44.6 Å². The zero-order valence-electron chi connectivity index (χ0n) is 38.6. The Hall–Kier alpha value is -5.45. The van der Waals surface area contributed by atoms with Gasteiger partial charge < -0.3 is 34.5 Å². The number of methoxy groups -OCH3 is 1. The van der Waals surface area contributed by atoms with Crippen LogP contribution in [0, 0.1) is 29.6 Å². The molecule has 3 N–H and O–H groups in total. The van der Waals surface area contributed by atoms with Gasteiger partial charge in [-0.2, -0.15) is 0 Å². The summed E-state index contributed by atoms with van der Waals surface area (Å²) in [4.78, 5) is 68.7. The lowest BCUT2D eigenvalue weighted by molar-refractivity contribution is -0.142. The number of rotatable bonds is 11. The SMILES string of the molecule is COc1ccc2c(O[C@@H]3C[C@H]4C(=O)N[C@]5(C(=O)NS(=O)(=O)C6(C)CC6)C[C@H]5/C=C\CC[C@H](C)C[C@@H](C)[C@H](NC(=O)OC5CC6CC6C5)C(=O)N4C3)nc(-c3ccc(OC(C)C)nc3)cc2c1. The molecule has 16 nitrogen and oxygen atoms in total. The first-order chi connectivity index (χ1) is 31.4. The predicted octanol–water partition coefficient (Wildman–Crippen LogP) is 6.22. The molecule has 3 aromatic rings. The van der Waals surface area contributed by atoms with E-state index >= 15 is 4.79 Å². The number of nitrogens with zero attached hydrogens (tertiary/aromatic N) is 3. The number of nitrogens with one attached hydrogen (secondary N) is 3. The van der Waals surface area contributed by atoms with E-state index < -0.39 is 68.2 Å². The van der Waals surface area contributed by atoms with Gasteiger partial charge in [0.05, 0.1) is 30.2 Å². The molecule has 0 spiro atoms. The molecule has 2 aromatic heterocycles. The fourth-order valence-electron chi connectivity index (χ4n) is 10.2. The van der Waals surface area contributed by atoms with Crippen LogP contribution in [0.25, 0.3) is 22.0 Å². The van der Waals surface area contributed by atoms with E-state index in [0.29, 0.717) is 65.8 Å². The Morgan fingerprint density at radius 1 is 0.985 bits per heavy atom. The summed E-state index contributed by atoms with van der Waals surface area (Å²) >= 11 is 0. The van der Waals surface area contributed by atoms with Crippen molar-refractivity contribution in [3.8, 4) is 28.8 Å². The van der Waals surface area contributed by atoms with Gasteiger partial charge in [-0.05, 0) is 138 Å². The Bertz CT molecular complexity index is 2520. The van der Waals surface area contributed by atoms with Crippen molar-refractivity contribution < 1.29 is 46.5 Å².